The van der Waals surface area contributed by atoms with Crippen LogP contribution < -0.4 is 10.2 Å². The van der Waals surface area contributed by atoms with E-state index in [1.165, 1.54) is 12.1 Å². The quantitative estimate of drug-likeness (QED) is 0.297. The van der Waals surface area contributed by atoms with Crippen molar-refractivity contribution < 1.29 is 22.8 Å². The maximum atomic E-state index is 15.3. The number of rotatable bonds is 5. The van der Waals surface area contributed by atoms with E-state index in [4.69, 9.17) is 0 Å². The first-order chi connectivity index (χ1) is 17.4. The summed E-state index contributed by atoms with van der Waals surface area (Å²) in [5.74, 6) is -1.72. The van der Waals surface area contributed by atoms with Gasteiger partial charge in [0, 0.05) is 16.8 Å². The molecule has 1 amide bonds. The van der Waals surface area contributed by atoms with Gasteiger partial charge in [0.2, 0.25) is 11.4 Å². The molecule has 0 bridgehead atoms. The summed E-state index contributed by atoms with van der Waals surface area (Å²) in [7, 11) is 0. The Balaban J connectivity index is 2.08. The lowest BCUT2D eigenvalue weighted by molar-refractivity contribution is -0.201. The summed E-state index contributed by atoms with van der Waals surface area (Å²) in [6.07, 6.45) is -3.38. The zero-order valence-electron chi connectivity index (χ0n) is 21.2. The number of alkyl halides is 3. The maximum absolute atomic E-state index is 15.3. The molecular formula is C29H27F3N2O2S. The van der Waals surface area contributed by atoms with Gasteiger partial charge in [-0.1, -0.05) is 65.7 Å². The van der Waals surface area contributed by atoms with Gasteiger partial charge in [-0.15, -0.1) is 11.8 Å². The number of benzene rings is 3. The first kappa shape index (κ1) is 26.5. The summed E-state index contributed by atoms with van der Waals surface area (Å²) in [6.45, 7) is 7.31. The highest BCUT2D eigenvalue weighted by Crippen LogP contribution is 2.50. The number of carbonyl (C=O) groups excluding carboxylic acids is 2. The summed E-state index contributed by atoms with van der Waals surface area (Å²) < 4.78 is 45.9. The van der Waals surface area contributed by atoms with Gasteiger partial charge in [0.15, 0.2) is 0 Å². The SMILES string of the molecule is CSC1=C(C(=O)c2ccc(C)cc2)C(=O)N[C@@](c2ccc(C)cc2)(C(F)(F)F)N1c1ccc(C)c(C)c1. The fraction of sp³-hybridized carbons (Fsp3) is 0.241. The summed E-state index contributed by atoms with van der Waals surface area (Å²) in [5.41, 5.74) is 0.371. The predicted molar refractivity (Wildman–Crippen MR) is 142 cm³/mol. The number of hydrogen-bond donors (Lipinski definition) is 1. The Morgan fingerprint density at radius 2 is 1.43 bits per heavy atom. The molecule has 0 radical (unpaired) electrons. The summed E-state index contributed by atoms with van der Waals surface area (Å²) >= 11 is 0.937. The summed E-state index contributed by atoms with van der Waals surface area (Å²) in [5, 5.41) is 2.16. The fourth-order valence-electron chi connectivity index (χ4n) is 4.42. The second kappa shape index (κ2) is 9.74. The van der Waals surface area contributed by atoms with Gasteiger partial charge in [0.25, 0.3) is 5.91 Å². The van der Waals surface area contributed by atoms with E-state index in [9.17, 15) is 9.59 Å². The number of carbonyl (C=O) groups is 2. The minimum absolute atomic E-state index is 0.0736. The van der Waals surface area contributed by atoms with E-state index in [-0.39, 0.29) is 27.4 Å². The van der Waals surface area contributed by atoms with E-state index in [1.807, 2.05) is 20.8 Å². The molecule has 3 aromatic carbocycles. The van der Waals surface area contributed by atoms with Crippen molar-refractivity contribution in [3.8, 4) is 0 Å². The Morgan fingerprint density at radius 3 is 1.95 bits per heavy atom. The van der Waals surface area contributed by atoms with E-state index >= 15 is 13.2 Å². The van der Waals surface area contributed by atoms with E-state index in [1.54, 1.807) is 67.8 Å². The van der Waals surface area contributed by atoms with Gasteiger partial charge in [0.1, 0.15) is 5.57 Å². The lowest BCUT2D eigenvalue weighted by atomic mass is 9.90. The Labute approximate surface area is 218 Å². The van der Waals surface area contributed by atoms with Crippen LogP contribution in [-0.4, -0.2) is 24.1 Å². The number of nitrogens with one attached hydrogen (secondary N) is 1. The van der Waals surface area contributed by atoms with E-state index in [0.29, 0.717) is 0 Å². The molecule has 37 heavy (non-hydrogen) atoms. The average molecular weight is 525 g/mol. The molecule has 0 unspecified atom stereocenters. The smallest absolute Gasteiger partial charge is 0.317 e. The third kappa shape index (κ3) is 4.55. The second-order valence-electron chi connectivity index (χ2n) is 9.21. The van der Waals surface area contributed by atoms with Gasteiger partial charge in [-0.3, -0.25) is 14.5 Å². The third-order valence-electron chi connectivity index (χ3n) is 6.64. The van der Waals surface area contributed by atoms with Crippen molar-refractivity contribution in [3.05, 3.63) is 111 Å². The van der Waals surface area contributed by atoms with Gasteiger partial charge in [-0.2, -0.15) is 13.2 Å². The van der Waals surface area contributed by atoms with Crippen LogP contribution in [-0.2, 0) is 10.5 Å². The van der Waals surface area contributed by atoms with E-state index in [0.717, 1.165) is 38.9 Å². The van der Waals surface area contributed by atoms with Crippen molar-refractivity contribution in [1.29, 1.82) is 0 Å². The highest BCUT2D eigenvalue weighted by atomic mass is 32.2. The van der Waals surface area contributed by atoms with Gasteiger partial charge in [0.05, 0.1) is 5.03 Å². The van der Waals surface area contributed by atoms with E-state index in [2.05, 4.69) is 5.32 Å². The molecule has 3 aromatic rings. The summed E-state index contributed by atoms with van der Waals surface area (Å²) in [4.78, 5) is 28.2. The second-order valence-corrected chi connectivity index (χ2v) is 10.0. The monoisotopic (exact) mass is 524 g/mol. The first-order valence-electron chi connectivity index (χ1n) is 11.6. The molecule has 0 aromatic heterocycles. The number of aryl methyl sites for hydroxylation is 4. The highest BCUT2D eigenvalue weighted by molar-refractivity contribution is 8.02. The molecule has 1 N–H and O–H groups in total. The van der Waals surface area contributed by atoms with Crippen LogP contribution in [0.25, 0.3) is 0 Å². The molecule has 0 spiro atoms. The van der Waals surface area contributed by atoms with Crippen LogP contribution in [0.3, 0.4) is 0 Å². The lowest BCUT2D eigenvalue weighted by Crippen LogP contribution is -2.69. The number of thioether (sulfide) groups is 1. The van der Waals surface area contributed by atoms with Crippen LogP contribution in [0.1, 0.15) is 38.2 Å². The largest absolute Gasteiger partial charge is 0.435 e. The van der Waals surface area contributed by atoms with Crippen LogP contribution in [0.5, 0.6) is 0 Å². The minimum atomic E-state index is -4.95. The maximum Gasteiger partial charge on any atom is 0.435 e. The number of hydrogen-bond acceptors (Lipinski definition) is 4. The van der Waals surface area contributed by atoms with Crippen molar-refractivity contribution in [3.63, 3.8) is 0 Å². The molecule has 1 heterocycles. The summed E-state index contributed by atoms with van der Waals surface area (Å²) in [6, 6.07) is 17.4. The number of halogens is 3. The molecule has 0 aliphatic carbocycles. The standard InChI is InChI=1S/C29H27F3N2O2S/c1-17-6-11-21(12-7-17)25(35)24-26(36)33-28(29(30,31)32,22-13-8-18(2)9-14-22)34(27(24)37-5)23-15-10-19(3)20(4)16-23/h6-16H,1-5H3,(H,33,36)/t28-/m1/s1. The van der Waals surface area contributed by atoms with Gasteiger partial charge >= 0.3 is 6.18 Å². The van der Waals surface area contributed by atoms with Crippen molar-refractivity contribution >= 4 is 29.1 Å². The lowest BCUT2D eigenvalue weighted by Gasteiger charge is -2.50. The average Bonchev–Trinajstić information content (AvgIpc) is 2.85. The van der Waals surface area contributed by atoms with Crippen LogP contribution in [0.2, 0.25) is 0 Å². The minimum Gasteiger partial charge on any atom is -0.317 e. The van der Waals surface area contributed by atoms with Crippen LogP contribution >= 0.6 is 11.8 Å². The zero-order chi connectivity index (χ0) is 27.1. The molecule has 8 heteroatoms. The molecule has 1 aliphatic rings. The topological polar surface area (TPSA) is 49.4 Å². The predicted octanol–water partition coefficient (Wildman–Crippen LogP) is 6.73. The molecule has 4 nitrogen and oxygen atoms in total. The number of nitrogens with zero attached hydrogens (tertiary/aromatic N) is 1. The Kier molecular flexibility index (Phi) is 6.99. The third-order valence-corrected chi connectivity index (χ3v) is 7.41. The van der Waals surface area contributed by atoms with Crippen LogP contribution in [0.15, 0.2) is 77.3 Å². The fourth-order valence-corrected chi connectivity index (χ4v) is 5.23. The molecule has 192 valence electrons. The van der Waals surface area contributed by atoms with Crippen LogP contribution in [0.4, 0.5) is 18.9 Å². The number of anilines is 1. The van der Waals surface area contributed by atoms with Gasteiger partial charge in [-0.25, -0.2) is 0 Å². The first-order valence-corrected chi connectivity index (χ1v) is 12.9. The van der Waals surface area contributed by atoms with Gasteiger partial charge in [-0.05, 0) is 57.2 Å². The Hall–Kier alpha value is -3.52. The van der Waals surface area contributed by atoms with Crippen molar-refractivity contribution in [2.24, 2.45) is 0 Å². The number of ketones is 1. The molecular weight excluding hydrogens is 497 g/mol. The van der Waals surface area contributed by atoms with Gasteiger partial charge < -0.3 is 5.32 Å². The molecule has 1 atom stereocenters. The van der Waals surface area contributed by atoms with Crippen molar-refractivity contribution in [2.45, 2.75) is 39.5 Å². The van der Waals surface area contributed by atoms with Crippen molar-refractivity contribution in [1.82, 2.24) is 5.32 Å². The number of amides is 1. The van der Waals surface area contributed by atoms with Crippen molar-refractivity contribution in [2.75, 3.05) is 11.2 Å². The van der Waals surface area contributed by atoms with Crippen LogP contribution in [0, 0.1) is 27.7 Å². The molecule has 0 saturated heterocycles. The molecule has 0 fully saturated rings. The highest BCUT2D eigenvalue weighted by Gasteiger charge is 2.65. The number of Topliss-reactive ketones (excluding diaryl/α,β-unsaturated/α-hetero) is 1. The molecule has 1 aliphatic heterocycles. The normalized spacial score (nSPS) is 18.2. The zero-order valence-corrected chi connectivity index (χ0v) is 22.0. The van der Waals surface area contributed by atoms with E-state index < -0.39 is 23.5 Å². The molecule has 4 rings (SSSR count). The Bertz CT molecular complexity index is 1400. The Morgan fingerprint density at radius 1 is 0.865 bits per heavy atom. The molecule has 0 saturated carbocycles.